The molecule has 9 nitrogen and oxygen atoms in total. The van der Waals surface area contributed by atoms with Crippen LogP contribution in [0.4, 0.5) is 0 Å². The monoisotopic (exact) mass is 964 g/mol. The van der Waals surface area contributed by atoms with Crippen LogP contribution in [-0.4, -0.2) is 74.3 Å². The van der Waals surface area contributed by atoms with Crippen LogP contribution >= 0.6 is 7.82 Å². The summed E-state index contributed by atoms with van der Waals surface area (Å²) < 4.78 is 30.6. The smallest absolute Gasteiger partial charge is 0.456 e. The summed E-state index contributed by atoms with van der Waals surface area (Å²) in [6, 6.07) is -0.851. The standard InChI is InChI=1S/C57H107N2O7P/c1-7-10-13-16-19-22-25-28-30-31-34-37-40-43-46-49-56(60)58-54(53-65-67(62,63)64-52-51-59(4,5)6)55(48-45-42-39-36-33-27-24-21-18-15-12-9-3)66-57(61)50-47-44-41-38-35-32-29-26-23-20-17-14-11-8-2/h11,14,20,22-23,25,45,48,54-55H,7-10,12-13,15-19,21,24,26-44,46-47,49-53H2,1-6H3,(H-,58,60,62,63)/p+1/b14-11+,23-20+,25-22-,48-45+. The van der Waals surface area contributed by atoms with Crippen molar-refractivity contribution in [3.05, 3.63) is 48.6 Å². The van der Waals surface area contributed by atoms with Crippen LogP contribution in [0.15, 0.2) is 48.6 Å². The van der Waals surface area contributed by atoms with Crippen molar-refractivity contribution in [2.75, 3.05) is 40.9 Å². The fourth-order valence-corrected chi connectivity index (χ4v) is 8.65. The van der Waals surface area contributed by atoms with Crippen molar-refractivity contribution in [2.24, 2.45) is 0 Å². The lowest BCUT2D eigenvalue weighted by atomic mass is 10.0. The molecular weight excluding hydrogens is 856 g/mol. The highest BCUT2D eigenvalue weighted by Gasteiger charge is 2.30. The second kappa shape index (κ2) is 47.6. The molecule has 0 saturated heterocycles. The molecule has 67 heavy (non-hydrogen) atoms. The summed E-state index contributed by atoms with van der Waals surface area (Å²) in [6.07, 6.45) is 56.7. The summed E-state index contributed by atoms with van der Waals surface area (Å²) in [5.74, 6) is -0.517. The molecule has 0 spiro atoms. The normalized spacial score (nSPS) is 14.2. The Morgan fingerprint density at radius 3 is 1.45 bits per heavy atom. The van der Waals surface area contributed by atoms with Crippen LogP contribution in [0.5, 0.6) is 0 Å². The fourth-order valence-electron chi connectivity index (χ4n) is 7.91. The molecule has 0 aliphatic rings. The van der Waals surface area contributed by atoms with Crippen LogP contribution in [0.2, 0.25) is 0 Å². The van der Waals surface area contributed by atoms with E-state index in [1.165, 1.54) is 122 Å². The first kappa shape index (κ1) is 65.0. The molecule has 1 amide bonds. The molecular formula is C57H108N2O7P+. The molecule has 0 aliphatic heterocycles. The maximum atomic E-state index is 13.5. The molecule has 0 aliphatic carbocycles. The van der Waals surface area contributed by atoms with E-state index in [1.54, 1.807) is 0 Å². The van der Waals surface area contributed by atoms with Crippen LogP contribution in [0.1, 0.15) is 252 Å². The highest BCUT2D eigenvalue weighted by Crippen LogP contribution is 2.43. The lowest BCUT2D eigenvalue weighted by molar-refractivity contribution is -0.870. The van der Waals surface area contributed by atoms with Crippen LogP contribution < -0.4 is 5.32 Å². The molecule has 0 bridgehead atoms. The summed E-state index contributed by atoms with van der Waals surface area (Å²) in [4.78, 5) is 37.5. The first-order valence-corrected chi connectivity index (χ1v) is 29.5. The number of allylic oxidation sites excluding steroid dienone is 7. The van der Waals surface area contributed by atoms with E-state index in [0.717, 1.165) is 96.3 Å². The minimum Gasteiger partial charge on any atom is -0.456 e. The number of carbonyl (C=O) groups excluding carboxylic acids is 2. The van der Waals surface area contributed by atoms with Gasteiger partial charge in [-0.2, -0.15) is 0 Å². The molecule has 0 rings (SSSR count). The van der Waals surface area contributed by atoms with E-state index < -0.39 is 20.0 Å². The maximum absolute atomic E-state index is 13.5. The molecule has 3 unspecified atom stereocenters. The minimum absolute atomic E-state index is 0.0380. The second-order valence-corrected chi connectivity index (χ2v) is 21.5. The van der Waals surface area contributed by atoms with E-state index in [9.17, 15) is 19.0 Å². The fraction of sp³-hybridized carbons (Fsp3) is 0.825. The van der Waals surface area contributed by atoms with Crippen LogP contribution in [0, 0.1) is 0 Å². The topological polar surface area (TPSA) is 111 Å². The predicted octanol–water partition coefficient (Wildman–Crippen LogP) is 16.6. The van der Waals surface area contributed by atoms with E-state index in [2.05, 4.69) is 62.5 Å². The van der Waals surface area contributed by atoms with Crippen molar-refractivity contribution >= 4 is 19.7 Å². The number of hydrogen-bond donors (Lipinski definition) is 2. The van der Waals surface area contributed by atoms with E-state index >= 15 is 0 Å². The van der Waals surface area contributed by atoms with Gasteiger partial charge in [0.2, 0.25) is 5.91 Å². The number of rotatable bonds is 50. The largest absolute Gasteiger partial charge is 0.472 e. The average molecular weight is 964 g/mol. The third kappa shape index (κ3) is 48.8. The molecule has 3 atom stereocenters. The number of hydrogen-bond acceptors (Lipinski definition) is 6. The summed E-state index contributed by atoms with van der Waals surface area (Å²) in [6.45, 7) is 6.88. The lowest BCUT2D eigenvalue weighted by Gasteiger charge is -2.27. The Labute approximate surface area is 414 Å². The molecule has 0 aromatic heterocycles. The van der Waals surface area contributed by atoms with Gasteiger partial charge < -0.3 is 19.4 Å². The third-order valence-electron chi connectivity index (χ3n) is 12.3. The molecule has 10 heteroatoms. The number of likely N-dealkylation sites (N-methyl/N-ethyl adjacent to an activating group) is 1. The van der Waals surface area contributed by atoms with Gasteiger partial charge in [-0.3, -0.25) is 18.6 Å². The van der Waals surface area contributed by atoms with Gasteiger partial charge in [-0.1, -0.05) is 205 Å². The Kier molecular flexibility index (Phi) is 46.2. The van der Waals surface area contributed by atoms with Gasteiger partial charge in [-0.25, -0.2) is 4.57 Å². The van der Waals surface area contributed by atoms with Gasteiger partial charge in [0.25, 0.3) is 0 Å². The summed E-state index contributed by atoms with van der Waals surface area (Å²) in [7, 11) is 1.49. The minimum atomic E-state index is -4.44. The van der Waals surface area contributed by atoms with E-state index in [4.69, 9.17) is 13.8 Å². The van der Waals surface area contributed by atoms with Gasteiger partial charge in [0.1, 0.15) is 19.3 Å². The Morgan fingerprint density at radius 2 is 0.955 bits per heavy atom. The quantitative estimate of drug-likeness (QED) is 0.0205. The number of nitrogens with zero attached hydrogens (tertiary/aromatic N) is 1. The van der Waals surface area contributed by atoms with E-state index in [0.29, 0.717) is 17.4 Å². The number of ether oxygens (including phenoxy) is 1. The van der Waals surface area contributed by atoms with Crippen LogP contribution in [-0.2, 0) is 27.9 Å². The van der Waals surface area contributed by atoms with Gasteiger partial charge in [-0.05, 0) is 83.1 Å². The number of esters is 1. The van der Waals surface area contributed by atoms with E-state index in [1.807, 2.05) is 33.3 Å². The van der Waals surface area contributed by atoms with Gasteiger partial charge in [-0.15, -0.1) is 0 Å². The third-order valence-corrected chi connectivity index (χ3v) is 13.2. The Morgan fingerprint density at radius 1 is 0.537 bits per heavy atom. The molecule has 0 aromatic carbocycles. The van der Waals surface area contributed by atoms with Crippen molar-refractivity contribution in [1.82, 2.24) is 5.32 Å². The Bertz CT molecular complexity index is 1290. The number of amides is 1. The molecule has 392 valence electrons. The molecule has 0 saturated carbocycles. The van der Waals surface area contributed by atoms with Crippen molar-refractivity contribution in [3.8, 4) is 0 Å². The zero-order chi connectivity index (χ0) is 49.4. The van der Waals surface area contributed by atoms with Crippen molar-refractivity contribution in [2.45, 2.75) is 264 Å². The van der Waals surface area contributed by atoms with Crippen molar-refractivity contribution in [3.63, 3.8) is 0 Å². The number of phosphoric ester groups is 1. The number of nitrogens with one attached hydrogen (secondary N) is 1. The molecule has 2 N–H and O–H groups in total. The zero-order valence-electron chi connectivity index (χ0n) is 44.6. The van der Waals surface area contributed by atoms with Gasteiger partial charge in [0.15, 0.2) is 0 Å². The molecule has 0 radical (unpaired) electrons. The number of carbonyl (C=O) groups is 2. The maximum Gasteiger partial charge on any atom is 0.472 e. The van der Waals surface area contributed by atoms with Gasteiger partial charge in [0.05, 0.1) is 33.8 Å². The zero-order valence-corrected chi connectivity index (χ0v) is 45.5. The highest BCUT2D eigenvalue weighted by molar-refractivity contribution is 7.47. The number of unbranched alkanes of at least 4 members (excludes halogenated alkanes) is 28. The van der Waals surface area contributed by atoms with Crippen molar-refractivity contribution in [1.29, 1.82) is 0 Å². The summed E-state index contributed by atoms with van der Waals surface area (Å²) in [5.41, 5.74) is 0. The Hall–Kier alpha value is -2.03. The average Bonchev–Trinajstić information content (AvgIpc) is 3.28. The summed E-state index contributed by atoms with van der Waals surface area (Å²) >= 11 is 0. The molecule has 0 heterocycles. The predicted molar refractivity (Wildman–Crippen MR) is 286 cm³/mol. The van der Waals surface area contributed by atoms with Gasteiger partial charge >= 0.3 is 13.8 Å². The second-order valence-electron chi connectivity index (χ2n) is 20.1. The molecule has 0 aromatic rings. The Balaban J connectivity index is 5.38. The highest BCUT2D eigenvalue weighted by atomic mass is 31.2. The van der Waals surface area contributed by atoms with Gasteiger partial charge in [0, 0.05) is 12.8 Å². The number of phosphoric acid groups is 1. The van der Waals surface area contributed by atoms with Crippen LogP contribution in [0.3, 0.4) is 0 Å². The first-order valence-electron chi connectivity index (χ1n) is 28.0. The SMILES string of the molecule is CC/C=C/C/C=C/CCCCCCCCCC(=O)OC(/C=C/CCCCCCCCCCCC)C(COP(=O)(O)OCC[N+](C)(C)C)NC(=O)CCCCCCCCC/C=C\CCCCCC. The number of quaternary nitrogens is 1. The van der Waals surface area contributed by atoms with E-state index in [-0.39, 0.29) is 31.5 Å². The molecule has 0 fully saturated rings. The van der Waals surface area contributed by atoms with Crippen LogP contribution in [0.25, 0.3) is 0 Å². The van der Waals surface area contributed by atoms with Crippen molar-refractivity contribution < 1.29 is 37.3 Å². The summed E-state index contributed by atoms with van der Waals surface area (Å²) in [5, 5.41) is 3.04. The first-order chi connectivity index (χ1) is 32.4. The lowest BCUT2D eigenvalue weighted by Crippen LogP contribution is -2.47.